The highest BCUT2D eigenvalue weighted by molar-refractivity contribution is 6.32. The molecule has 1 unspecified atom stereocenters. The molecule has 1 heterocycles. The predicted octanol–water partition coefficient (Wildman–Crippen LogP) is 2.38. The minimum Gasteiger partial charge on any atom is -0.267 e. The van der Waals surface area contributed by atoms with Crippen LogP contribution >= 0.6 is 11.6 Å². The summed E-state index contributed by atoms with van der Waals surface area (Å²) >= 11 is 6.14. The largest absolute Gasteiger partial charge is 0.270 e. The van der Waals surface area contributed by atoms with Gasteiger partial charge in [0.15, 0.2) is 0 Å². The average molecular weight is 253 g/mol. The maximum atomic E-state index is 11.6. The van der Waals surface area contributed by atoms with Crippen LogP contribution in [0.2, 0.25) is 5.02 Å². The monoisotopic (exact) mass is 252 g/mol. The van der Waals surface area contributed by atoms with E-state index in [4.69, 9.17) is 11.6 Å². The molecule has 0 saturated carbocycles. The summed E-state index contributed by atoms with van der Waals surface area (Å²) < 4.78 is 0. The number of H-pyrrole nitrogens is 2. The molecular weight excluding hydrogens is 240 g/mol. The fourth-order valence-electron chi connectivity index (χ4n) is 1.81. The highest BCUT2D eigenvalue weighted by atomic mass is 35.5. The third-order valence-corrected chi connectivity index (χ3v) is 3.39. The van der Waals surface area contributed by atoms with Crippen molar-refractivity contribution < 1.29 is 0 Å². The van der Waals surface area contributed by atoms with Crippen LogP contribution in [0.3, 0.4) is 0 Å². The van der Waals surface area contributed by atoms with Gasteiger partial charge in [0.2, 0.25) is 0 Å². The minimum atomic E-state index is -0.336. The molecule has 0 aliphatic rings. The van der Waals surface area contributed by atoms with E-state index < -0.39 is 0 Å². The van der Waals surface area contributed by atoms with Gasteiger partial charge >= 0.3 is 0 Å². The number of hydrogen-bond donors (Lipinski definition) is 2. The number of nitrogens with one attached hydrogen (secondary N) is 2. The number of halogens is 1. The third kappa shape index (κ3) is 2.00. The Hall–Kier alpha value is -1.55. The van der Waals surface area contributed by atoms with Gasteiger partial charge in [-0.25, -0.2) is 0 Å². The molecule has 0 fully saturated rings. The smallest absolute Gasteiger partial charge is 0.267 e. The van der Waals surface area contributed by atoms with Crippen molar-refractivity contribution in [1.29, 1.82) is 0 Å². The molecule has 0 aliphatic heterocycles. The first-order chi connectivity index (χ1) is 8.04. The van der Waals surface area contributed by atoms with Crippen LogP contribution in [-0.4, -0.2) is 10.2 Å². The van der Waals surface area contributed by atoms with Crippen molar-refractivity contribution in [2.24, 2.45) is 0 Å². The van der Waals surface area contributed by atoms with Crippen LogP contribution in [0.5, 0.6) is 0 Å². The van der Waals surface area contributed by atoms with Crippen molar-refractivity contribution in [3.63, 3.8) is 0 Å². The Balaban J connectivity index is 2.85. The Morgan fingerprint density at radius 3 is 2.24 bits per heavy atom. The van der Waals surface area contributed by atoms with Crippen LogP contribution in [-0.2, 0) is 0 Å². The quantitative estimate of drug-likeness (QED) is 0.862. The van der Waals surface area contributed by atoms with E-state index in [1.54, 1.807) is 12.1 Å². The van der Waals surface area contributed by atoms with Crippen molar-refractivity contribution in [2.45, 2.75) is 26.2 Å². The molecule has 1 atom stereocenters. The normalized spacial score (nSPS) is 12.9. The number of benzene rings is 1. The zero-order valence-electron chi connectivity index (χ0n) is 9.63. The van der Waals surface area contributed by atoms with E-state index in [-0.39, 0.29) is 17.0 Å². The zero-order chi connectivity index (χ0) is 12.6. The van der Waals surface area contributed by atoms with Gasteiger partial charge in [-0.2, -0.15) is 0 Å². The molecule has 0 radical (unpaired) electrons. The van der Waals surface area contributed by atoms with Crippen LogP contribution < -0.4 is 11.1 Å². The van der Waals surface area contributed by atoms with Crippen molar-refractivity contribution in [1.82, 2.24) is 10.2 Å². The van der Waals surface area contributed by atoms with Crippen LogP contribution in [0.4, 0.5) is 0 Å². The summed E-state index contributed by atoms with van der Waals surface area (Å²) in [5.74, 6) is 0.255. The summed E-state index contributed by atoms with van der Waals surface area (Å²) in [4.78, 5) is 23.2. The number of rotatable bonds is 2. The maximum Gasteiger partial charge on any atom is 0.270 e. The second kappa shape index (κ2) is 4.37. The van der Waals surface area contributed by atoms with E-state index in [9.17, 15) is 9.59 Å². The number of hydrogen-bond acceptors (Lipinski definition) is 2. The predicted molar refractivity (Wildman–Crippen MR) is 68.9 cm³/mol. The molecule has 1 aromatic heterocycles. The summed E-state index contributed by atoms with van der Waals surface area (Å²) in [6.45, 7) is 4.08. The maximum absolute atomic E-state index is 11.6. The zero-order valence-corrected chi connectivity index (χ0v) is 10.4. The Labute approximate surface area is 103 Å². The lowest BCUT2D eigenvalue weighted by Gasteiger charge is -2.11. The number of aromatic nitrogens is 2. The lowest BCUT2D eigenvalue weighted by molar-refractivity contribution is 0.734. The summed E-state index contributed by atoms with van der Waals surface area (Å²) in [6, 6.07) is 3.27. The first-order valence-corrected chi connectivity index (χ1v) is 5.86. The minimum absolute atomic E-state index is 0.255. The van der Waals surface area contributed by atoms with E-state index >= 15 is 0 Å². The second-order valence-corrected chi connectivity index (χ2v) is 4.54. The summed E-state index contributed by atoms with van der Waals surface area (Å²) in [7, 11) is 0. The molecule has 4 nitrogen and oxygen atoms in total. The molecule has 5 heteroatoms. The highest BCUT2D eigenvalue weighted by Gasteiger charge is 2.12. The lowest BCUT2D eigenvalue weighted by atomic mass is 9.96. The van der Waals surface area contributed by atoms with Crippen LogP contribution in [0.15, 0.2) is 21.7 Å². The van der Waals surface area contributed by atoms with Crippen molar-refractivity contribution in [3.05, 3.63) is 43.4 Å². The molecule has 90 valence electrons. The topological polar surface area (TPSA) is 65.7 Å². The van der Waals surface area contributed by atoms with Crippen LogP contribution in [0.25, 0.3) is 10.8 Å². The van der Waals surface area contributed by atoms with Crippen LogP contribution in [0, 0.1) is 0 Å². The molecule has 0 saturated heterocycles. The average Bonchev–Trinajstić information content (AvgIpc) is 2.32. The summed E-state index contributed by atoms with van der Waals surface area (Å²) in [5.41, 5.74) is 0.260. The molecule has 0 amide bonds. The molecule has 0 bridgehead atoms. The summed E-state index contributed by atoms with van der Waals surface area (Å²) in [6.07, 6.45) is 0.923. The van der Waals surface area contributed by atoms with Gasteiger partial charge in [0.25, 0.3) is 11.1 Å². The van der Waals surface area contributed by atoms with Crippen molar-refractivity contribution >= 4 is 22.4 Å². The second-order valence-electron chi connectivity index (χ2n) is 4.14. The standard InChI is InChI=1S/C12H13ClN2O2/c1-3-6(2)7-4-8-9(5-10(7)13)12(17)15-14-11(8)16/h4-6H,3H2,1-2H3,(H,14,16)(H,15,17). The van der Waals surface area contributed by atoms with Gasteiger partial charge in [-0.1, -0.05) is 25.4 Å². The fourth-order valence-corrected chi connectivity index (χ4v) is 2.16. The number of fused-ring (bicyclic) bond motifs is 1. The highest BCUT2D eigenvalue weighted by Crippen LogP contribution is 2.28. The first-order valence-electron chi connectivity index (χ1n) is 5.48. The molecular formula is C12H13ClN2O2. The molecule has 1 aromatic carbocycles. The third-order valence-electron chi connectivity index (χ3n) is 3.06. The van der Waals surface area contributed by atoms with Gasteiger partial charge in [-0.15, -0.1) is 0 Å². The first kappa shape index (κ1) is 11.9. The Morgan fingerprint density at radius 1 is 1.18 bits per heavy atom. The Bertz CT molecular complexity index is 672. The van der Waals surface area contributed by atoms with E-state index in [1.165, 1.54) is 0 Å². The van der Waals surface area contributed by atoms with Gasteiger partial charge < -0.3 is 0 Å². The van der Waals surface area contributed by atoms with Crippen molar-refractivity contribution in [2.75, 3.05) is 0 Å². The molecule has 17 heavy (non-hydrogen) atoms. The van der Waals surface area contributed by atoms with Crippen molar-refractivity contribution in [3.8, 4) is 0 Å². The van der Waals surface area contributed by atoms with Gasteiger partial charge in [0.1, 0.15) is 0 Å². The molecule has 0 spiro atoms. The number of aromatic amines is 2. The van der Waals surface area contributed by atoms with E-state index in [0.717, 1.165) is 12.0 Å². The molecule has 2 aromatic rings. The Kier molecular flexibility index (Phi) is 3.07. The van der Waals surface area contributed by atoms with E-state index in [2.05, 4.69) is 10.2 Å². The molecule has 0 aliphatic carbocycles. The summed E-state index contributed by atoms with van der Waals surface area (Å²) in [5, 5.41) is 5.83. The van der Waals surface area contributed by atoms with Gasteiger partial charge in [-0.3, -0.25) is 19.8 Å². The van der Waals surface area contributed by atoms with Gasteiger partial charge in [0, 0.05) is 5.02 Å². The Morgan fingerprint density at radius 2 is 1.71 bits per heavy atom. The van der Waals surface area contributed by atoms with Gasteiger partial charge in [0.05, 0.1) is 10.8 Å². The van der Waals surface area contributed by atoms with E-state index in [1.807, 2.05) is 13.8 Å². The lowest BCUT2D eigenvalue weighted by Crippen LogP contribution is -2.19. The van der Waals surface area contributed by atoms with E-state index in [0.29, 0.717) is 15.8 Å². The fraction of sp³-hybridized carbons (Fsp3) is 0.333. The SMILES string of the molecule is CCC(C)c1cc2c(=O)[nH][nH]c(=O)c2cc1Cl. The van der Waals surface area contributed by atoms with Gasteiger partial charge in [-0.05, 0) is 30.0 Å². The molecule has 2 N–H and O–H groups in total. The molecule has 2 rings (SSSR count). The van der Waals surface area contributed by atoms with Crippen LogP contribution in [0.1, 0.15) is 31.7 Å².